The molecular formula is C22H24ClFN2O2. The molecule has 2 aromatic rings. The molecule has 1 aliphatic carbocycles. The van der Waals surface area contributed by atoms with E-state index in [1.165, 1.54) is 25.0 Å². The van der Waals surface area contributed by atoms with Crippen LogP contribution < -0.4 is 15.0 Å². The molecule has 0 unspecified atom stereocenters. The molecule has 2 aromatic carbocycles. The number of hydrogen-bond donors (Lipinski definition) is 1. The van der Waals surface area contributed by atoms with Crippen molar-refractivity contribution in [3.05, 3.63) is 58.9 Å². The summed E-state index contributed by atoms with van der Waals surface area (Å²) in [5.74, 6) is 0.538. The second-order valence-electron chi connectivity index (χ2n) is 7.58. The Hall–Kier alpha value is -2.27. The van der Waals surface area contributed by atoms with Crippen molar-refractivity contribution in [1.29, 1.82) is 0 Å². The van der Waals surface area contributed by atoms with E-state index in [1.807, 2.05) is 12.1 Å². The molecule has 1 N–H and O–H groups in total. The topological polar surface area (TPSA) is 41.6 Å². The summed E-state index contributed by atoms with van der Waals surface area (Å²) < 4.78 is 19.2. The molecular weight excluding hydrogens is 379 g/mol. The van der Waals surface area contributed by atoms with Crippen LogP contribution in [0.15, 0.2) is 42.5 Å². The van der Waals surface area contributed by atoms with Gasteiger partial charge in [0.05, 0.1) is 18.2 Å². The molecule has 28 heavy (non-hydrogen) atoms. The molecule has 1 fully saturated rings. The van der Waals surface area contributed by atoms with Gasteiger partial charge in [-0.3, -0.25) is 4.79 Å². The number of halogens is 2. The van der Waals surface area contributed by atoms with Gasteiger partial charge >= 0.3 is 0 Å². The zero-order valence-electron chi connectivity index (χ0n) is 15.7. The quantitative estimate of drug-likeness (QED) is 0.788. The summed E-state index contributed by atoms with van der Waals surface area (Å²) in [7, 11) is 0. The zero-order chi connectivity index (χ0) is 19.5. The van der Waals surface area contributed by atoms with Gasteiger partial charge in [0.1, 0.15) is 18.2 Å². The third kappa shape index (κ3) is 4.41. The lowest BCUT2D eigenvalue weighted by Crippen LogP contribution is -2.46. The lowest BCUT2D eigenvalue weighted by Gasteiger charge is -2.38. The summed E-state index contributed by atoms with van der Waals surface area (Å²) >= 11 is 6.22. The summed E-state index contributed by atoms with van der Waals surface area (Å²) in [6, 6.07) is 12.1. The Bertz CT molecular complexity index is 837. The number of benzene rings is 2. The zero-order valence-corrected chi connectivity index (χ0v) is 16.4. The van der Waals surface area contributed by atoms with Gasteiger partial charge in [-0.2, -0.15) is 0 Å². The van der Waals surface area contributed by atoms with E-state index in [9.17, 15) is 9.18 Å². The Kier molecular flexibility index (Phi) is 5.72. The standard InChI is InChI=1S/C22H24ClFN2O2/c23-16-7-10-21-20(11-16)26(13-15-5-8-17(24)9-6-15)19(14-28-21)12-22(27)25-18-3-1-2-4-18/h5-11,18-19H,1-4,12-14H2,(H,25,27)/t19-/m1/s1. The van der Waals surface area contributed by atoms with Crippen molar-refractivity contribution in [3.8, 4) is 5.75 Å². The largest absolute Gasteiger partial charge is 0.489 e. The highest BCUT2D eigenvalue weighted by Gasteiger charge is 2.30. The lowest BCUT2D eigenvalue weighted by molar-refractivity contribution is -0.122. The molecule has 4 rings (SSSR count). The number of anilines is 1. The van der Waals surface area contributed by atoms with Crippen molar-refractivity contribution in [2.24, 2.45) is 0 Å². The maximum atomic E-state index is 13.3. The van der Waals surface area contributed by atoms with Crippen LogP contribution in [0.25, 0.3) is 0 Å². The molecule has 0 saturated heterocycles. The molecule has 2 aliphatic rings. The fraction of sp³-hybridized carbons (Fsp3) is 0.409. The van der Waals surface area contributed by atoms with Crippen LogP contribution in [-0.2, 0) is 11.3 Å². The summed E-state index contributed by atoms with van der Waals surface area (Å²) in [6.45, 7) is 0.978. The Morgan fingerprint density at radius 1 is 1.18 bits per heavy atom. The number of fused-ring (bicyclic) bond motifs is 1. The predicted molar refractivity (Wildman–Crippen MR) is 108 cm³/mol. The van der Waals surface area contributed by atoms with E-state index in [-0.39, 0.29) is 17.8 Å². The maximum Gasteiger partial charge on any atom is 0.222 e. The minimum atomic E-state index is -0.262. The predicted octanol–water partition coefficient (Wildman–Crippen LogP) is 4.70. The van der Waals surface area contributed by atoms with Crippen molar-refractivity contribution in [2.45, 2.75) is 50.7 Å². The van der Waals surface area contributed by atoms with Gasteiger partial charge in [0.25, 0.3) is 0 Å². The van der Waals surface area contributed by atoms with Crippen LogP contribution in [-0.4, -0.2) is 24.6 Å². The van der Waals surface area contributed by atoms with Crippen LogP contribution >= 0.6 is 11.6 Å². The summed E-state index contributed by atoms with van der Waals surface area (Å²) in [5.41, 5.74) is 1.83. The Morgan fingerprint density at radius 3 is 2.68 bits per heavy atom. The Labute approximate surface area is 169 Å². The van der Waals surface area contributed by atoms with Gasteiger partial charge in [-0.15, -0.1) is 0 Å². The normalized spacial score (nSPS) is 19.2. The van der Waals surface area contributed by atoms with Gasteiger partial charge in [0, 0.05) is 17.6 Å². The summed E-state index contributed by atoms with van der Waals surface area (Å²) in [6.07, 6.45) is 4.83. The highest BCUT2D eigenvalue weighted by atomic mass is 35.5. The minimum absolute atomic E-state index is 0.0510. The molecule has 0 aromatic heterocycles. The van der Waals surface area contributed by atoms with E-state index < -0.39 is 0 Å². The van der Waals surface area contributed by atoms with Crippen LogP contribution in [0.2, 0.25) is 5.02 Å². The van der Waals surface area contributed by atoms with Gasteiger partial charge in [-0.25, -0.2) is 4.39 Å². The van der Waals surface area contributed by atoms with Gasteiger partial charge in [-0.1, -0.05) is 36.6 Å². The Morgan fingerprint density at radius 2 is 1.93 bits per heavy atom. The summed E-state index contributed by atoms with van der Waals surface area (Å²) in [5, 5.41) is 3.77. The Balaban J connectivity index is 1.55. The molecule has 1 atom stereocenters. The average molecular weight is 403 g/mol. The second kappa shape index (κ2) is 8.39. The molecule has 1 aliphatic heterocycles. The molecule has 1 amide bonds. The number of carbonyl (C=O) groups excluding carboxylic acids is 1. The van der Waals surface area contributed by atoms with Crippen LogP contribution in [0, 0.1) is 5.82 Å². The fourth-order valence-electron chi connectivity index (χ4n) is 4.05. The SMILES string of the molecule is O=C(C[C@@H]1COc2ccc(Cl)cc2N1Cc1ccc(F)cc1)NC1CCCC1. The highest BCUT2D eigenvalue weighted by molar-refractivity contribution is 6.31. The third-order valence-corrected chi connectivity index (χ3v) is 5.74. The monoisotopic (exact) mass is 402 g/mol. The molecule has 148 valence electrons. The van der Waals surface area contributed by atoms with Crippen LogP contribution in [0.3, 0.4) is 0 Å². The van der Waals surface area contributed by atoms with E-state index in [0.29, 0.717) is 30.6 Å². The van der Waals surface area contributed by atoms with Gasteiger partial charge in [0.2, 0.25) is 5.91 Å². The number of amides is 1. The van der Waals surface area contributed by atoms with Gasteiger partial charge in [0.15, 0.2) is 0 Å². The second-order valence-corrected chi connectivity index (χ2v) is 8.02. The number of nitrogens with one attached hydrogen (secondary N) is 1. The third-order valence-electron chi connectivity index (χ3n) is 5.51. The number of rotatable bonds is 5. The van der Waals surface area contributed by atoms with Gasteiger partial charge < -0.3 is 15.0 Å². The van der Waals surface area contributed by atoms with E-state index in [0.717, 1.165) is 29.8 Å². The first-order valence-corrected chi connectivity index (χ1v) is 10.2. The highest BCUT2D eigenvalue weighted by Crippen LogP contribution is 2.37. The molecule has 0 radical (unpaired) electrons. The van der Waals surface area contributed by atoms with Crippen LogP contribution in [0.4, 0.5) is 10.1 Å². The number of hydrogen-bond acceptors (Lipinski definition) is 3. The molecule has 4 nitrogen and oxygen atoms in total. The summed E-state index contributed by atoms with van der Waals surface area (Å²) in [4.78, 5) is 14.8. The van der Waals surface area contributed by atoms with Crippen molar-refractivity contribution in [3.63, 3.8) is 0 Å². The molecule has 1 heterocycles. The van der Waals surface area contributed by atoms with Crippen molar-refractivity contribution in [2.75, 3.05) is 11.5 Å². The van der Waals surface area contributed by atoms with E-state index in [2.05, 4.69) is 10.2 Å². The van der Waals surface area contributed by atoms with Crippen molar-refractivity contribution < 1.29 is 13.9 Å². The number of nitrogens with zero attached hydrogens (tertiary/aromatic N) is 1. The first-order valence-electron chi connectivity index (χ1n) is 9.81. The molecule has 0 bridgehead atoms. The first-order chi connectivity index (χ1) is 13.6. The molecule has 0 spiro atoms. The van der Waals surface area contributed by atoms with E-state index in [1.54, 1.807) is 18.2 Å². The number of ether oxygens (including phenoxy) is 1. The van der Waals surface area contributed by atoms with Crippen LogP contribution in [0.1, 0.15) is 37.7 Å². The van der Waals surface area contributed by atoms with Crippen molar-refractivity contribution >= 4 is 23.2 Å². The first kappa shape index (κ1) is 19.1. The molecule has 1 saturated carbocycles. The van der Waals surface area contributed by atoms with Crippen LogP contribution in [0.5, 0.6) is 5.75 Å². The smallest absolute Gasteiger partial charge is 0.222 e. The minimum Gasteiger partial charge on any atom is -0.489 e. The average Bonchev–Trinajstić information content (AvgIpc) is 3.18. The van der Waals surface area contributed by atoms with E-state index >= 15 is 0 Å². The van der Waals surface area contributed by atoms with E-state index in [4.69, 9.17) is 16.3 Å². The lowest BCUT2D eigenvalue weighted by atomic mass is 10.1. The van der Waals surface area contributed by atoms with Gasteiger partial charge in [-0.05, 0) is 48.7 Å². The van der Waals surface area contributed by atoms with Crippen molar-refractivity contribution in [1.82, 2.24) is 5.32 Å². The number of carbonyl (C=O) groups is 1. The molecule has 6 heteroatoms. The fourth-order valence-corrected chi connectivity index (χ4v) is 4.22. The maximum absolute atomic E-state index is 13.3.